The zero-order valence-electron chi connectivity index (χ0n) is 41.2. The molecule has 1 heterocycles. The zero-order valence-corrected chi connectivity index (χ0v) is 44.3. The highest BCUT2D eigenvalue weighted by Gasteiger charge is 2.37. The molecule has 10 nitrogen and oxygen atoms in total. The highest BCUT2D eigenvalue weighted by Crippen LogP contribution is 2.44. The number of esters is 1. The first-order chi connectivity index (χ1) is 37.8. The molecule has 0 bridgehead atoms. The number of aromatic nitrogens is 1. The molecule has 3 N–H and O–H groups in total. The van der Waals surface area contributed by atoms with E-state index >= 15 is 0 Å². The summed E-state index contributed by atoms with van der Waals surface area (Å²) in [5, 5.41) is 18.3. The van der Waals surface area contributed by atoms with Gasteiger partial charge in [0.2, 0.25) is 0 Å². The number of carboxylic acids is 1. The van der Waals surface area contributed by atoms with Gasteiger partial charge in [-0.15, -0.1) is 0 Å². The van der Waals surface area contributed by atoms with Crippen LogP contribution < -0.4 is 15.4 Å². The van der Waals surface area contributed by atoms with Crippen LogP contribution in [0, 0.1) is 11.6 Å². The maximum absolute atomic E-state index is 14.4. The van der Waals surface area contributed by atoms with Crippen molar-refractivity contribution in [3.63, 3.8) is 0 Å². The fraction of sp³-hybridized carbons (Fsp3) is 0.164. The summed E-state index contributed by atoms with van der Waals surface area (Å²) in [6, 6.07) is 35.8. The summed E-state index contributed by atoms with van der Waals surface area (Å²) in [4.78, 5) is 55.0. The number of fused-ring (bicyclic) bond motifs is 3. The topological polar surface area (TPSA) is 144 Å². The molecular formula is C61H46Cl4F5N3O7. The summed E-state index contributed by atoms with van der Waals surface area (Å²) in [6.07, 6.45) is -1.64. The van der Waals surface area contributed by atoms with E-state index in [0.29, 0.717) is 49.2 Å². The van der Waals surface area contributed by atoms with Crippen molar-refractivity contribution in [2.24, 2.45) is 0 Å². The Bertz CT molecular complexity index is 3840. The van der Waals surface area contributed by atoms with Crippen LogP contribution in [-0.2, 0) is 33.3 Å². The normalized spacial score (nSPS) is 12.9. The summed E-state index contributed by atoms with van der Waals surface area (Å²) in [5.74, 6) is -5.09. The number of carboxylic acid groups (broad SMARTS) is 1. The number of aliphatic carboxylic acids is 1. The van der Waals surface area contributed by atoms with Gasteiger partial charge in [-0.3, -0.25) is 14.6 Å². The molecule has 10 rings (SSSR count). The van der Waals surface area contributed by atoms with E-state index in [1.807, 2.05) is 6.07 Å². The average Bonchev–Trinajstić information content (AvgIpc) is 4.28. The fourth-order valence-corrected chi connectivity index (χ4v) is 10.4. The molecule has 2 amide bonds. The van der Waals surface area contributed by atoms with Gasteiger partial charge in [0.15, 0.2) is 11.6 Å². The van der Waals surface area contributed by atoms with Crippen molar-refractivity contribution in [1.82, 2.24) is 15.6 Å². The van der Waals surface area contributed by atoms with E-state index in [0.717, 1.165) is 25.0 Å². The Labute approximate surface area is 475 Å². The van der Waals surface area contributed by atoms with E-state index in [2.05, 4.69) is 15.6 Å². The third kappa shape index (κ3) is 12.6. The quantitative estimate of drug-likeness (QED) is 0.0721. The number of alkyl halides is 3. The molecule has 80 heavy (non-hydrogen) atoms. The van der Waals surface area contributed by atoms with Crippen LogP contribution in [0.2, 0.25) is 20.1 Å². The second kappa shape index (κ2) is 24.7. The molecule has 1 saturated carbocycles. The molecule has 0 spiro atoms. The molecular weight excluding hydrogens is 1120 g/mol. The standard InChI is InChI=1S/C31H21Cl2F3N2O3.C29H21Cl2F2NO4.CH4/c1-41-30(40)25(38-29(39)26-23(32)11-6-12-24(26)33)15-17-13-14-22(21-10-5-4-8-19(17)21)28-27(31(34,35)36)20-9-3-2-7-18(20)16-37-28;30-21-6-3-7-22(31)27(21)28(35)34-25(29(36)37)12-15-8-11-19(18-5-2-1-4-17(15)18)20-13-23(32)24(33)14-26(20)38-16-9-10-16;/h2-14,16,25H,15H2,1H3,(H,38,39);1-8,11,13-14,16,25H,9-10,12H2,(H,34,35)(H,36,37);1H4/t2*25-;/m00./s1. The van der Waals surface area contributed by atoms with Gasteiger partial charge >= 0.3 is 18.1 Å². The van der Waals surface area contributed by atoms with Gasteiger partial charge in [-0.2, -0.15) is 13.2 Å². The van der Waals surface area contributed by atoms with Gasteiger partial charge in [-0.1, -0.05) is 163 Å². The predicted octanol–water partition coefficient (Wildman–Crippen LogP) is 15.6. The Morgan fingerprint density at radius 3 is 1.59 bits per heavy atom. The minimum absolute atomic E-state index is 0. The largest absolute Gasteiger partial charge is 0.490 e. The number of rotatable bonds is 14. The first-order valence-electron chi connectivity index (χ1n) is 24.3. The minimum atomic E-state index is -4.66. The Hall–Kier alpha value is -7.82. The van der Waals surface area contributed by atoms with E-state index in [-0.39, 0.29) is 80.0 Å². The number of carbonyl (C=O) groups is 4. The maximum Gasteiger partial charge on any atom is 0.419 e. The van der Waals surface area contributed by atoms with Gasteiger partial charge in [-0.05, 0) is 86.8 Å². The van der Waals surface area contributed by atoms with Crippen LogP contribution in [0.4, 0.5) is 22.0 Å². The zero-order chi connectivity index (χ0) is 56.3. The summed E-state index contributed by atoms with van der Waals surface area (Å²) in [7, 11) is 1.19. The Balaban J connectivity index is 0.000000208. The second-order valence-corrected chi connectivity index (χ2v) is 19.9. The summed E-state index contributed by atoms with van der Waals surface area (Å²) in [5.41, 5.74) is 1.48. The Kier molecular flexibility index (Phi) is 18.0. The number of amides is 2. The first-order valence-corrected chi connectivity index (χ1v) is 25.8. The summed E-state index contributed by atoms with van der Waals surface area (Å²) in [6.45, 7) is 0. The van der Waals surface area contributed by atoms with Crippen LogP contribution in [0.5, 0.6) is 5.75 Å². The summed E-state index contributed by atoms with van der Waals surface area (Å²) >= 11 is 24.6. The molecule has 1 aliphatic rings. The van der Waals surface area contributed by atoms with Crippen LogP contribution in [0.15, 0.2) is 152 Å². The molecule has 1 fully saturated rings. The fourth-order valence-electron chi connectivity index (χ4n) is 9.24. The molecule has 2 atom stereocenters. The molecule has 8 aromatic carbocycles. The van der Waals surface area contributed by atoms with Crippen molar-refractivity contribution in [3.05, 3.63) is 211 Å². The molecule has 0 saturated heterocycles. The van der Waals surface area contributed by atoms with Gasteiger partial charge in [-0.25, -0.2) is 18.4 Å². The number of methoxy groups -OCH3 is 1. The lowest BCUT2D eigenvalue weighted by molar-refractivity contribution is -0.143. The number of benzene rings is 8. The molecule has 9 aromatic rings. The van der Waals surface area contributed by atoms with Crippen molar-refractivity contribution < 1.29 is 55.7 Å². The lowest BCUT2D eigenvalue weighted by Gasteiger charge is -2.20. The Morgan fingerprint density at radius 1 is 0.613 bits per heavy atom. The van der Waals surface area contributed by atoms with Crippen molar-refractivity contribution in [2.45, 2.75) is 57.5 Å². The van der Waals surface area contributed by atoms with Crippen LogP contribution in [0.3, 0.4) is 0 Å². The third-order valence-corrected chi connectivity index (χ3v) is 14.4. The molecule has 0 aliphatic heterocycles. The number of hydrogen-bond donors (Lipinski definition) is 3. The smallest absolute Gasteiger partial charge is 0.419 e. The number of nitrogens with one attached hydrogen (secondary N) is 2. The number of carbonyl (C=O) groups excluding carboxylic acids is 3. The van der Waals surface area contributed by atoms with Gasteiger partial charge in [0.05, 0.1) is 55.7 Å². The number of ether oxygens (including phenoxy) is 2. The van der Waals surface area contributed by atoms with Crippen LogP contribution in [0.1, 0.15) is 57.7 Å². The average molecular weight is 1170 g/mol. The monoisotopic (exact) mass is 1170 g/mol. The van der Waals surface area contributed by atoms with Gasteiger partial charge in [0.1, 0.15) is 17.8 Å². The van der Waals surface area contributed by atoms with Crippen molar-refractivity contribution in [3.8, 4) is 28.1 Å². The van der Waals surface area contributed by atoms with Gasteiger partial charge < -0.3 is 25.2 Å². The van der Waals surface area contributed by atoms with Crippen LogP contribution >= 0.6 is 46.4 Å². The number of halogens is 9. The van der Waals surface area contributed by atoms with E-state index in [9.17, 15) is 46.2 Å². The number of hydrogen-bond acceptors (Lipinski definition) is 7. The van der Waals surface area contributed by atoms with Crippen LogP contribution in [0.25, 0.3) is 54.7 Å². The molecule has 0 unspecified atom stereocenters. The highest BCUT2D eigenvalue weighted by molar-refractivity contribution is 6.40. The molecule has 1 aliphatic carbocycles. The maximum atomic E-state index is 14.4. The van der Waals surface area contributed by atoms with Crippen molar-refractivity contribution >= 4 is 102 Å². The molecule has 410 valence electrons. The van der Waals surface area contributed by atoms with E-state index in [1.165, 1.54) is 43.6 Å². The van der Waals surface area contributed by atoms with E-state index in [1.54, 1.807) is 97.1 Å². The Morgan fingerprint density at radius 2 is 1.07 bits per heavy atom. The predicted molar refractivity (Wildman–Crippen MR) is 302 cm³/mol. The van der Waals surface area contributed by atoms with Gasteiger partial charge in [0, 0.05) is 41.6 Å². The molecule has 1 aromatic heterocycles. The van der Waals surface area contributed by atoms with Gasteiger partial charge in [0.25, 0.3) is 11.8 Å². The SMILES string of the molecule is C.COC(=O)[C@H](Cc1ccc(-c2ncc3ccccc3c2C(F)(F)F)c2ccccc12)NC(=O)c1c(Cl)cccc1Cl.O=C(N[C@@H](Cc1ccc(-c2cc(F)c(F)cc2OC2CC2)c2ccccc12)C(=O)O)c1c(Cl)cccc1Cl. The lowest BCUT2D eigenvalue weighted by atomic mass is 9.91. The molecule has 0 radical (unpaired) electrons. The minimum Gasteiger partial charge on any atom is -0.490 e. The second-order valence-electron chi connectivity index (χ2n) is 18.3. The highest BCUT2D eigenvalue weighted by atomic mass is 35.5. The third-order valence-electron chi connectivity index (χ3n) is 13.1. The van der Waals surface area contributed by atoms with Crippen molar-refractivity contribution in [2.75, 3.05) is 7.11 Å². The van der Waals surface area contributed by atoms with Crippen LogP contribution in [-0.4, -0.2) is 59.1 Å². The number of nitrogens with zero attached hydrogens (tertiary/aromatic N) is 1. The lowest BCUT2D eigenvalue weighted by Crippen LogP contribution is -2.43. The summed E-state index contributed by atoms with van der Waals surface area (Å²) < 4.78 is 82.4. The first kappa shape index (κ1) is 58.3. The van der Waals surface area contributed by atoms with E-state index in [4.69, 9.17) is 55.9 Å². The van der Waals surface area contributed by atoms with E-state index < -0.39 is 59.2 Å². The molecule has 19 heteroatoms. The van der Waals surface area contributed by atoms with Crippen molar-refractivity contribution in [1.29, 1.82) is 0 Å². The number of pyridine rings is 1.